The molecule has 96 valence electrons. The Morgan fingerprint density at radius 1 is 1.44 bits per heavy atom. The Bertz CT molecular complexity index is 292. The normalized spacial score (nSPS) is 12.3. The van der Waals surface area contributed by atoms with Crippen LogP contribution in [0.4, 0.5) is 0 Å². The van der Waals surface area contributed by atoms with Crippen LogP contribution in [0, 0.1) is 0 Å². The van der Waals surface area contributed by atoms with Crippen LogP contribution in [0.15, 0.2) is 12.7 Å². The fourth-order valence-electron chi connectivity index (χ4n) is 1.18. The largest absolute Gasteiger partial charge is 0.395 e. The number of aliphatic hydroxyl groups is 1. The van der Waals surface area contributed by atoms with E-state index in [0.29, 0.717) is 19.5 Å². The molecule has 3 N–H and O–H groups in total. The molecule has 0 amide bonds. The summed E-state index contributed by atoms with van der Waals surface area (Å²) in [4.78, 5) is 0. The molecule has 0 aromatic rings. The molecule has 7 heteroatoms. The molecule has 6 nitrogen and oxygen atoms in total. The molecule has 0 heterocycles. The first-order valence-corrected chi connectivity index (χ1v) is 6.53. The molecule has 0 aliphatic heterocycles. The van der Waals surface area contributed by atoms with Crippen molar-refractivity contribution in [1.29, 1.82) is 0 Å². The van der Waals surface area contributed by atoms with Gasteiger partial charge in [-0.3, -0.25) is 0 Å². The minimum atomic E-state index is -3.52. The van der Waals surface area contributed by atoms with Gasteiger partial charge in [-0.15, -0.1) is 6.58 Å². The lowest BCUT2D eigenvalue weighted by molar-refractivity contribution is 0.253. The van der Waals surface area contributed by atoms with Crippen LogP contribution in [0.25, 0.3) is 0 Å². The zero-order valence-corrected chi connectivity index (χ0v) is 10.5. The van der Waals surface area contributed by atoms with Crippen molar-refractivity contribution < 1.29 is 13.5 Å². The fraction of sp³-hybridized carbons (Fsp3) is 0.778. The predicted octanol–water partition coefficient (Wildman–Crippen LogP) is -1.01. The zero-order valence-electron chi connectivity index (χ0n) is 9.67. The molecule has 0 fully saturated rings. The summed E-state index contributed by atoms with van der Waals surface area (Å²) in [7, 11) is -2.02. The summed E-state index contributed by atoms with van der Waals surface area (Å²) in [6.07, 6.45) is 2.10. The van der Waals surface area contributed by atoms with E-state index in [1.165, 1.54) is 21.7 Å². The first-order valence-electron chi connectivity index (χ1n) is 5.14. The summed E-state index contributed by atoms with van der Waals surface area (Å²) in [5.41, 5.74) is 5.32. The van der Waals surface area contributed by atoms with E-state index in [0.717, 1.165) is 0 Å². The molecule has 0 aliphatic rings. The Morgan fingerprint density at radius 2 is 2.06 bits per heavy atom. The quantitative estimate of drug-likeness (QED) is 0.514. The number of nitrogens with zero attached hydrogens (tertiary/aromatic N) is 2. The van der Waals surface area contributed by atoms with E-state index in [9.17, 15) is 8.42 Å². The highest BCUT2D eigenvalue weighted by molar-refractivity contribution is 7.86. The van der Waals surface area contributed by atoms with Crippen LogP contribution >= 0.6 is 0 Å². The van der Waals surface area contributed by atoms with E-state index in [-0.39, 0.29) is 19.7 Å². The van der Waals surface area contributed by atoms with Crippen LogP contribution in [0.5, 0.6) is 0 Å². The van der Waals surface area contributed by atoms with Gasteiger partial charge in [0.05, 0.1) is 6.61 Å². The first kappa shape index (κ1) is 15.5. The van der Waals surface area contributed by atoms with Crippen LogP contribution in [-0.2, 0) is 10.2 Å². The van der Waals surface area contributed by atoms with Crippen molar-refractivity contribution in [2.45, 2.75) is 6.42 Å². The third-order valence-electron chi connectivity index (χ3n) is 2.08. The van der Waals surface area contributed by atoms with Gasteiger partial charge >= 0.3 is 0 Å². The van der Waals surface area contributed by atoms with Crippen LogP contribution < -0.4 is 5.73 Å². The average Bonchev–Trinajstić information content (AvgIpc) is 2.25. The maximum Gasteiger partial charge on any atom is 0.282 e. The molecule has 0 aromatic heterocycles. The summed E-state index contributed by atoms with van der Waals surface area (Å²) < 4.78 is 26.3. The monoisotopic (exact) mass is 251 g/mol. The predicted molar refractivity (Wildman–Crippen MR) is 64.1 cm³/mol. The lowest BCUT2D eigenvalue weighted by atomic mass is 10.4. The molecule has 0 radical (unpaired) electrons. The van der Waals surface area contributed by atoms with Crippen molar-refractivity contribution in [1.82, 2.24) is 8.61 Å². The van der Waals surface area contributed by atoms with E-state index in [2.05, 4.69) is 6.58 Å². The topological polar surface area (TPSA) is 86.9 Å². The number of aliphatic hydroxyl groups excluding tert-OH is 1. The van der Waals surface area contributed by atoms with Crippen molar-refractivity contribution in [3.8, 4) is 0 Å². The number of nitrogens with two attached hydrogens (primary N) is 1. The maximum absolute atomic E-state index is 12.0. The van der Waals surface area contributed by atoms with Gasteiger partial charge in [0.2, 0.25) is 0 Å². The van der Waals surface area contributed by atoms with Gasteiger partial charge in [-0.2, -0.15) is 17.0 Å². The van der Waals surface area contributed by atoms with E-state index < -0.39 is 10.2 Å². The minimum absolute atomic E-state index is 0.0708. The molecule has 0 saturated heterocycles. The summed E-state index contributed by atoms with van der Waals surface area (Å²) >= 11 is 0. The van der Waals surface area contributed by atoms with Gasteiger partial charge in [-0.05, 0) is 13.0 Å². The molecule has 16 heavy (non-hydrogen) atoms. The van der Waals surface area contributed by atoms with Gasteiger partial charge in [-0.25, -0.2) is 0 Å². The Labute approximate surface area is 97.5 Å². The highest BCUT2D eigenvalue weighted by atomic mass is 32.2. The molecular weight excluding hydrogens is 230 g/mol. The summed E-state index contributed by atoms with van der Waals surface area (Å²) in [5, 5.41) is 8.81. The zero-order chi connectivity index (χ0) is 12.6. The number of hydrogen-bond donors (Lipinski definition) is 2. The molecule has 0 aromatic carbocycles. The number of hydrogen-bond acceptors (Lipinski definition) is 4. The fourth-order valence-corrected chi connectivity index (χ4v) is 2.54. The molecule has 0 rings (SSSR count). The number of rotatable bonds is 9. The summed E-state index contributed by atoms with van der Waals surface area (Å²) in [6.45, 7) is 4.36. The highest BCUT2D eigenvalue weighted by Crippen LogP contribution is 2.06. The second-order valence-corrected chi connectivity index (χ2v) is 5.38. The van der Waals surface area contributed by atoms with Gasteiger partial charge in [0.15, 0.2) is 0 Å². The van der Waals surface area contributed by atoms with E-state index in [1.807, 2.05) is 0 Å². The van der Waals surface area contributed by atoms with Crippen LogP contribution in [-0.4, -0.2) is 62.0 Å². The molecule has 0 bridgehead atoms. The molecule has 0 atom stereocenters. The van der Waals surface area contributed by atoms with Crippen LogP contribution in [0.2, 0.25) is 0 Å². The van der Waals surface area contributed by atoms with Crippen molar-refractivity contribution in [3.05, 3.63) is 12.7 Å². The molecule has 0 unspecified atom stereocenters. The second kappa shape index (κ2) is 7.75. The van der Waals surface area contributed by atoms with Gasteiger partial charge in [0, 0.05) is 26.7 Å². The SMILES string of the molecule is C=CCN(CCO)S(=O)(=O)N(C)CCCN. The van der Waals surface area contributed by atoms with E-state index in [1.54, 1.807) is 0 Å². The van der Waals surface area contributed by atoms with Crippen molar-refractivity contribution >= 4 is 10.2 Å². The Morgan fingerprint density at radius 3 is 2.50 bits per heavy atom. The molecular formula is C9H21N3O3S. The minimum Gasteiger partial charge on any atom is -0.395 e. The maximum atomic E-state index is 12.0. The first-order chi connectivity index (χ1) is 7.50. The average molecular weight is 251 g/mol. The van der Waals surface area contributed by atoms with Gasteiger partial charge in [-0.1, -0.05) is 6.08 Å². The van der Waals surface area contributed by atoms with Crippen LogP contribution in [0.1, 0.15) is 6.42 Å². The molecule has 0 aliphatic carbocycles. The summed E-state index contributed by atoms with van der Waals surface area (Å²) in [6, 6.07) is 0. The third kappa shape index (κ3) is 4.58. The Balaban J connectivity index is 4.62. The van der Waals surface area contributed by atoms with Crippen molar-refractivity contribution in [2.24, 2.45) is 5.73 Å². The van der Waals surface area contributed by atoms with E-state index in [4.69, 9.17) is 10.8 Å². The standard InChI is InChI=1S/C9H21N3O3S/c1-3-6-12(8-9-13)16(14,15)11(2)7-4-5-10/h3,13H,1,4-10H2,2H3. The smallest absolute Gasteiger partial charge is 0.282 e. The third-order valence-corrected chi connectivity index (χ3v) is 4.03. The second-order valence-electron chi connectivity index (χ2n) is 3.34. The molecule has 0 saturated carbocycles. The van der Waals surface area contributed by atoms with Gasteiger partial charge in [0.25, 0.3) is 10.2 Å². The lowest BCUT2D eigenvalue weighted by Crippen LogP contribution is -2.43. The highest BCUT2D eigenvalue weighted by Gasteiger charge is 2.24. The van der Waals surface area contributed by atoms with E-state index >= 15 is 0 Å². The van der Waals surface area contributed by atoms with Crippen LogP contribution in [0.3, 0.4) is 0 Å². The van der Waals surface area contributed by atoms with Crippen molar-refractivity contribution in [3.63, 3.8) is 0 Å². The lowest BCUT2D eigenvalue weighted by Gasteiger charge is -2.25. The van der Waals surface area contributed by atoms with Gasteiger partial charge < -0.3 is 10.8 Å². The van der Waals surface area contributed by atoms with Crippen molar-refractivity contribution in [2.75, 3.05) is 39.8 Å². The molecule has 0 spiro atoms. The van der Waals surface area contributed by atoms with Gasteiger partial charge in [0.1, 0.15) is 0 Å². The Hall–Kier alpha value is -0.470. The Kier molecular flexibility index (Phi) is 7.52. The summed E-state index contributed by atoms with van der Waals surface area (Å²) in [5.74, 6) is 0.